The molecule has 2 aromatic heterocycles. The summed E-state index contributed by atoms with van der Waals surface area (Å²) in [6.45, 7) is 5.91. The Morgan fingerprint density at radius 3 is 2.75 bits per heavy atom. The first-order valence-electron chi connectivity index (χ1n) is 6.30. The summed E-state index contributed by atoms with van der Waals surface area (Å²) in [6, 6.07) is 0. The predicted molar refractivity (Wildman–Crippen MR) is 84.3 cm³/mol. The summed E-state index contributed by atoms with van der Waals surface area (Å²) in [4.78, 5) is 21.9. The minimum atomic E-state index is -0.797. The number of aryl methyl sites for hydroxylation is 2. The van der Waals surface area contributed by atoms with Gasteiger partial charge < -0.3 is 10.8 Å². The van der Waals surface area contributed by atoms with Gasteiger partial charge in [-0.15, -0.1) is 23.1 Å². The first-order chi connectivity index (χ1) is 9.43. The highest BCUT2D eigenvalue weighted by molar-refractivity contribution is 7.99. The quantitative estimate of drug-likeness (QED) is 0.882. The molecule has 0 radical (unpaired) electrons. The van der Waals surface area contributed by atoms with E-state index in [-0.39, 0.29) is 0 Å². The van der Waals surface area contributed by atoms with E-state index < -0.39 is 11.2 Å². The molecule has 1 unspecified atom stereocenters. The molecule has 1 atom stereocenters. The lowest BCUT2D eigenvalue weighted by Crippen LogP contribution is -2.15. The molecule has 0 aliphatic rings. The van der Waals surface area contributed by atoms with Crippen LogP contribution in [-0.2, 0) is 10.5 Å². The summed E-state index contributed by atoms with van der Waals surface area (Å²) in [5.41, 5.74) is 7.12. The number of aliphatic carboxylic acids is 1. The van der Waals surface area contributed by atoms with Crippen LogP contribution in [0.1, 0.15) is 29.6 Å². The van der Waals surface area contributed by atoms with Crippen molar-refractivity contribution in [3.63, 3.8) is 0 Å². The molecular weight excluding hydrogens is 294 g/mol. The van der Waals surface area contributed by atoms with Crippen LogP contribution in [0.3, 0.4) is 0 Å². The number of hydrogen-bond donors (Lipinski definition) is 2. The van der Waals surface area contributed by atoms with E-state index in [9.17, 15) is 4.79 Å². The molecule has 0 aliphatic carbocycles. The number of anilines is 1. The molecule has 0 amide bonds. The van der Waals surface area contributed by atoms with Crippen LogP contribution in [0.25, 0.3) is 10.2 Å². The summed E-state index contributed by atoms with van der Waals surface area (Å²) in [6.07, 6.45) is 0.578. The Bertz CT molecular complexity index is 655. The largest absolute Gasteiger partial charge is 0.480 e. The Labute approximate surface area is 125 Å². The van der Waals surface area contributed by atoms with Crippen molar-refractivity contribution in [3.05, 3.63) is 16.3 Å². The van der Waals surface area contributed by atoms with Crippen molar-refractivity contribution >= 4 is 45.1 Å². The van der Waals surface area contributed by atoms with Gasteiger partial charge in [0, 0.05) is 4.88 Å². The average Bonchev–Trinajstić information content (AvgIpc) is 2.65. The Kier molecular flexibility index (Phi) is 4.49. The third-order valence-electron chi connectivity index (χ3n) is 3.16. The average molecular weight is 311 g/mol. The smallest absolute Gasteiger partial charge is 0.316 e. The van der Waals surface area contributed by atoms with Gasteiger partial charge in [-0.2, -0.15) is 0 Å². The molecule has 0 saturated heterocycles. The van der Waals surface area contributed by atoms with Gasteiger partial charge in [0.25, 0.3) is 0 Å². The number of nitrogen functional groups attached to an aromatic ring is 1. The fourth-order valence-corrected chi connectivity index (χ4v) is 3.84. The molecule has 0 aliphatic heterocycles. The van der Waals surface area contributed by atoms with Crippen LogP contribution in [-0.4, -0.2) is 26.3 Å². The number of nitrogens with two attached hydrogens (primary N) is 1. The first-order valence-corrected chi connectivity index (χ1v) is 8.17. The van der Waals surface area contributed by atoms with Crippen LogP contribution in [0.5, 0.6) is 0 Å². The van der Waals surface area contributed by atoms with E-state index >= 15 is 0 Å². The molecule has 0 saturated carbocycles. The van der Waals surface area contributed by atoms with Gasteiger partial charge in [0.2, 0.25) is 0 Å². The number of carboxylic acids is 1. The highest BCUT2D eigenvalue weighted by Gasteiger charge is 2.17. The highest BCUT2D eigenvalue weighted by Crippen LogP contribution is 2.32. The molecular formula is C13H17N3O2S2. The Hall–Kier alpha value is -1.34. The maximum Gasteiger partial charge on any atom is 0.316 e. The lowest BCUT2D eigenvalue weighted by Gasteiger charge is -2.08. The minimum Gasteiger partial charge on any atom is -0.480 e. The summed E-state index contributed by atoms with van der Waals surface area (Å²) in [5, 5.41) is 9.53. The van der Waals surface area contributed by atoms with Crippen molar-refractivity contribution in [1.82, 2.24) is 9.97 Å². The van der Waals surface area contributed by atoms with Crippen LogP contribution < -0.4 is 5.73 Å². The van der Waals surface area contributed by atoms with E-state index in [0.29, 0.717) is 23.8 Å². The number of carboxylic acid groups (broad SMARTS) is 1. The van der Waals surface area contributed by atoms with E-state index in [1.807, 2.05) is 20.8 Å². The van der Waals surface area contributed by atoms with Crippen LogP contribution in [0.4, 0.5) is 5.82 Å². The number of thioether (sulfide) groups is 1. The maximum atomic E-state index is 11.0. The number of fused-ring (bicyclic) bond motifs is 1. The zero-order valence-corrected chi connectivity index (χ0v) is 13.3. The number of nitrogens with zero attached hydrogens (tertiary/aromatic N) is 2. The second-order valence-corrected chi connectivity index (χ2v) is 6.93. The van der Waals surface area contributed by atoms with Crippen LogP contribution in [0, 0.1) is 13.8 Å². The Balaban J connectivity index is 2.26. The molecule has 2 aromatic rings. The molecule has 7 heteroatoms. The van der Waals surface area contributed by atoms with Gasteiger partial charge in [-0.1, -0.05) is 6.92 Å². The molecule has 0 aromatic carbocycles. The monoisotopic (exact) mass is 311 g/mol. The molecule has 0 spiro atoms. The number of rotatable bonds is 5. The summed E-state index contributed by atoms with van der Waals surface area (Å²) >= 11 is 2.93. The second kappa shape index (κ2) is 5.97. The third-order valence-corrected chi connectivity index (χ3v) is 5.63. The van der Waals surface area contributed by atoms with E-state index in [4.69, 9.17) is 10.8 Å². The Morgan fingerprint density at radius 2 is 2.15 bits per heavy atom. The van der Waals surface area contributed by atoms with Crippen molar-refractivity contribution in [1.29, 1.82) is 0 Å². The highest BCUT2D eigenvalue weighted by atomic mass is 32.2. The molecule has 20 heavy (non-hydrogen) atoms. The van der Waals surface area contributed by atoms with Gasteiger partial charge in [-0.25, -0.2) is 9.97 Å². The first kappa shape index (κ1) is 15.1. The number of carbonyl (C=O) groups is 1. The summed E-state index contributed by atoms with van der Waals surface area (Å²) in [7, 11) is 0. The van der Waals surface area contributed by atoms with Crippen LogP contribution in [0.2, 0.25) is 0 Å². The van der Waals surface area contributed by atoms with Crippen molar-refractivity contribution in [2.45, 2.75) is 38.2 Å². The molecule has 0 bridgehead atoms. The molecule has 2 heterocycles. The van der Waals surface area contributed by atoms with Gasteiger partial charge >= 0.3 is 5.97 Å². The lowest BCUT2D eigenvalue weighted by atomic mass is 10.2. The fourth-order valence-electron chi connectivity index (χ4n) is 1.93. The third kappa shape index (κ3) is 2.88. The topological polar surface area (TPSA) is 89.1 Å². The zero-order chi connectivity index (χ0) is 14.9. The van der Waals surface area contributed by atoms with Crippen LogP contribution in [0.15, 0.2) is 0 Å². The number of hydrogen-bond acceptors (Lipinski definition) is 6. The maximum absolute atomic E-state index is 11.0. The number of thiophene rings is 1. The molecule has 5 nitrogen and oxygen atoms in total. The normalized spacial score (nSPS) is 12.8. The fraction of sp³-hybridized carbons (Fsp3) is 0.462. The van der Waals surface area contributed by atoms with Gasteiger partial charge in [-0.05, 0) is 25.8 Å². The molecule has 108 valence electrons. The van der Waals surface area contributed by atoms with E-state index in [2.05, 4.69) is 9.97 Å². The van der Waals surface area contributed by atoms with Crippen molar-refractivity contribution < 1.29 is 9.90 Å². The lowest BCUT2D eigenvalue weighted by molar-refractivity contribution is -0.136. The van der Waals surface area contributed by atoms with Gasteiger partial charge in [-0.3, -0.25) is 4.79 Å². The minimum absolute atomic E-state index is 0.428. The molecule has 0 fully saturated rings. The van der Waals surface area contributed by atoms with E-state index in [0.717, 1.165) is 15.8 Å². The SMILES string of the molecule is CCC(SCc1nc(N)c2c(C)c(C)sc2n1)C(=O)O. The van der Waals surface area contributed by atoms with Gasteiger partial charge in [0.05, 0.1) is 11.1 Å². The van der Waals surface area contributed by atoms with Crippen molar-refractivity contribution in [2.75, 3.05) is 5.73 Å². The Morgan fingerprint density at radius 1 is 1.45 bits per heavy atom. The van der Waals surface area contributed by atoms with Gasteiger partial charge in [0.1, 0.15) is 21.7 Å². The molecule has 3 N–H and O–H groups in total. The number of aromatic nitrogens is 2. The van der Waals surface area contributed by atoms with Crippen LogP contribution >= 0.6 is 23.1 Å². The molecule has 2 rings (SSSR count). The van der Waals surface area contributed by atoms with Crippen molar-refractivity contribution in [2.24, 2.45) is 0 Å². The van der Waals surface area contributed by atoms with Gasteiger partial charge in [0.15, 0.2) is 0 Å². The van der Waals surface area contributed by atoms with Crippen molar-refractivity contribution in [3.8, 4) is 0 Å². The van der Waals surface area contributed by atoms with E-state index in [1.54, 1.807) is 11.3 Å². The summed E-state index contributed by atoms with van der Waals surface area (Å²) < 4.78 is 0. The zero-order valence-electron chi connectivity index (χ0n) is 11.6. The summed E-state index contributed by atoms with van der Waals surface area (Å²) in [5.74, 6) is 0.743. The second-order valence-electron chi connectivity index (χ2n) is 4.53. The van der Waals surface area contributed by atoms with E-state index in [1.165, 1.54) is 16.6 Å². The standard InChI is InChI=1S/C13H17N3O2S2/c1-4-8(13(17)18)19-5-9-15-11(14)10-6(2)7(3)20-12(10)16-9/h8H,4-5H2,1-3H3,(H,17,18)(H2,14,15,16). The predicted octanol–water partition coefficient (Wildman–Crippen LogP) is 2.99.